The Balaban J connectivity index is 2.64. The van der Waals surface area contributed by atoms with Crippen molar-refractivity contribution in [2.75, 3.05) is 0 Å². The number of rotatable bonds is 1. The lowest BCUT2D eigenvalue weighted by atomic mass is 10.1. The maximum atomic E-state index is 10.7. The van der Waals surface area contributed by atoms with E-state index < -0.39 is 4.92 Å². The minimum Gasteiger partial charge on any atom is -0.508 e. The number of hydrogen-bond acceptors (Lipinski definition) is 4. The quantitative estimate of drug-likeness (QED) is 0.520. The van der Waals surface area contributed by atoms with Crippen molar-refractivity contribution < 1.29 is 10.0 Å². The van der Waals surface area contributed by atoms with Gasteiger partial charge < -0.3 is 10.8 Å². The highest BCUT2D eigenvalue weighted by atomic mass is 16.6. The monoisotopic (exact) mass is 194 g/mol. The summed E-state index contributed by atoms with van der Waals surface area (Å²) in [6.45, 7) is 0. The van der Waals surface area contributed by atoms with Gasteiger partial charge >= 0.3 is 0 Å². The van der Waals surface area contributed by atoms with E-state index in [9.17, 15) is 15.2 Å². The fourth-order valence-corrected chi connectivity index (χ4v) is 1.93. The van der Waals surface area contributed by atoms with E-state index in [4.69, 9.17) is 5.73 Å². The molecule has 0 radical (unpaired) electrons. The molecule has 1 aliphatic carbocycles. The summed E-state index contributed by atoms with van der Waals surface area (Å²) in [5.41, 5.74) is 6.92. The van der Waals surface area contributed by atoms with Gasteiger partial charge in [0.15, 0.2) is 0 Å². The van der Waals surface area contributed by atoms with Crippen LogP contribution in [0.1, 0.15) is 23.6 Å². The second kappa shape index (κ2) is 2.95. The van der Waals surface area contributed by atoms with Crippen molar-refractivity contribution in [1.82, 2.24) is 0 Å². The predicted octanol–water partition coefficient (Wildman–Crippen LogP) is 1.25. The molecule has 1 atom stereocenters. The van der Waals surface area contributed by atoms with Crippen LogP contribution in [-0.2, 0) is 6.42 Å². The van der Waals surface area contributed by atoms with Crippen LogP contribution in [0.5, 0.6) is 5.75 Å². The first kappa shape index (κ1) is 8.96. The van der Waals surface area contributed by atoms with Crippen molar-refractivity contribution in [2.24, 2.45) is 5.73 Å². The highest BCUT2D eigenvalue weighted by molar-refractivity contribution is 5.55. The highest BCUT2D eigenvalue weighted by Gasteiger charge is 2.29. The molecule has 0 saturated heterocycles. The van der Waals surface area contributed by atoms with Crippen LogP contribution in [0.25, 0.3) is 0 Å². The second-order valence-electron chi connectivity index (χ2n) is 3.40. The van der Waals surface area contributed by atoms with Gasteiger partial charge in [0.1, 0.15) is 5.75 Å². The van der Waals surface area contributed by atoms with E-state index in [1.807, 2.05) is 0 Å². The van der Waals surface area contributed by atoms with Crippen LogP contribution in [0.15, 0.2) is 12.1 Å². The zero-order valence-electron chi connectivity index (χ0n) is 7.43. The van der Waals surface area contributed by atoms with E-state index in [1.54, 1.807) is 0 Å². The fourth-order valence-electron chi connectivity index (χ4n) is 1.93. The molecule has 1 aromatic carbocycles. The molecule has 0 amide bonds. The minimum atomic E-state index is -0.434. The fraction of sp³-hybridized carbons (Fsp3) is 0.333. The third-order valence-corrected chi connectivity index (χ3v) is 2.58. The number of nitrogens with zero attached hydrogens (tertiary/aromatic N) is 1. The second-order valence-corrected chi connectivity index (χ2v) is 3.40. The molecule has 0 aliphatic heterocycles. The maximum absolute atomic E-state index is 10.7. The molecule has 5 heteroatoms. The summed E-state index contributed by atoms with van der Waals surface area (Å²) in [6.07, 6.45) is 1.23. The lowest BCUT2D eigenvalue weighted by Crippen LogP contribution is -2.05. The molecule has 0 saturated carbocycles. The largest absolute Gasteiger partial charge is 0.508 e. The molecule has 1 aromatic rings. The molecule has 0 heterocycles. The number of benzene rings is 1. The Labute approximate surface area is 80.3 Å². The normalized spacial score (nSPS) is 19.4. The zero-order chi connectivity index (χ0) is 10.3. The Kier molecular flexibility index (Phi) is 1.89. The first-order valence-corrected chi connectivity index (χ1v) is 4.36. The summed E-state index contributed by atoms with van der Waals surface area (Å²) >= 11 is 0. The number of hydrogen-bond donors (Lipinski definition) is 2. The van der Waals surface area contributed by atoms with Gasteiger partial charge in [-0.3, -0.25) is 10.1 Å². The smallest absolute Gasteiger partial charge is 0.273 e. The average molecular weight is 194 g/mol. The Morgan fingerprint density at radius 2 is 2.29 bits per heavy atom. The number of nitro benzene ring substituents is 1. The van der Waals surface area contributed by atoms with Gasteiger partial charge in [0.25, 0.3) is 5.69 Å². The van der Waals surface area contributed by atoms with Gasteiger partial charge in [-0.25, -0.2) is 0 Å². The third-order valence-electron chi connectivity index (χ3n) is 2.58. The summed E-state index contributed by atoms with van der Waals surface area (Å²) in [5, 5.41) is 20.2. The number of nitro groups is 1. The Hall–Kier alpha value is -1.62. The molecule has 0 unspecified atom stereocenters. The van der Waals surface area contributed by atoms with Crippen LogP contribution in [0.2, 0.25) is 0 Å². The maximum Gasteiger partial charge on any atom is 0.273 e. The summed E-state index contributed by atoms with van der Waals surface area (Å²) in [6, 6.07) is 2.39. The van der Waals surface area contributed by atoms with Gasteiger partial charge in [-0.05, 0) is 18.9 Å². The SMILES string of the molecule is N[C@@H]1CCc2c([N+](=O)[O-])ccc(O)c21. The number of phenolic OH excluding ortho intramolecular Hbond substituents is 1. The van der Waals surface area contributed by atoms with Gasteiger partial charge in [0.2, 0.25) is 0 Å². The molecule has 0 spiro atoms. The van der Waals surface area contributed by atoms with Crippen molar-refractivity contribution in [1.29, 1.82) is 0 Å². The predicted molar refractivity (Wildman–Crippen MR) is 50.0 cm³/mol. The van der Waals surface area contributed by atoms with Gasteiger partial charge in [0.05, 0.1) is 4.92 Å². The lowest BCUT2D eigenvalue weighted by molar-refractivity contribution is -0.385. The van der Waals surface area contributed by atoms with Crippen molar-refractivity contribution >= 4 is 5.69 Å². The standard InChI is InChI=1S/C9H10N2O3/c10-6-2-1-5-7(11(13)14)3-4-8(12)9(5)6/h3-4,6,12H,1-2,10H2/t6-/m1/s1. The van der Waals surface area contributed by atoms with Crippen LogP contribution in [0.3, 0.4) is 0 Å². The molecule has 1 aliphatic rings. The van der Waals surface area contributed by atoms with Gasteiger partial charge in [0, 0.05) is 23.2 Å². The molecule has 0 bridgehead atoms. The van der Waals surface area contributed by atoms with E-state index >= 15 is 0 Å². The van der Waals surface area contributed by atoms with E-state index in [2.05, 4.69) is 0 Å². The van der Waals surface area contributed by atoms with Gasteiger partial charge in [-0.15, -0.1) is 0 Å². The number of phenols is 1. The topological polar surface area (TPSA) is 89.4 Å². The van der Waals surface area contributed by atoms with Crippen molar-refractivity contribution in [3.05, 3.63) is 33.4 Å². The summed E-state index contributed by atoms with van der Waals surface area (Å²) in [7, 11) is 0. The summed E-state index contributed by atoms with van der Waals surface area (Å²) < 4.78 is 0. The molecule has 2 rings (SSSR count). The number of fused-ring (bicyclic) bond motifs is 1. The van der Waals surface area contributed by atoms with E-state index in [-0.39, 0.29) is 17.5 Å². The Bertz CT molecular complexity index is 403. The first-order chi connectivity index (χ1) is 6.61. The van der Waals surface area contributed by atoms with Crippen LogP contribution >= 0.6 is 0 Å². The van der Waals surface area contributed by atoms with Crippen molar-refractivity contribution in [2.45, 2.75) is 18.9 Å². The van der Waals surface area contributed by atoms with Crippen molar-refractivity contribution in [3.8, 4) is 5.75 Å². The van der Waals surface area contributed by atoms with Crippen LogP contribution in [0, 0.1) is 10.1 Å². The highest BCUT2D eigenvalue weighted by Crippen LogP contribution is 2.40. The third kappa shape index (κ3) is 1.13. The lowest BCUT2D eigenvalue weighted by Gasteiger charge is -2.06. The molecule has 14 heavy (non-hydrogen) atoms. The van der Waals surface area contributed by atoms with Crippen molar-refractivity contribution in [3.63, 3.8) is 0 Å². The molecule has 0 aromatic heterocycles. The molecular formula is C9H10N2O3. The van der Waals surface area contributed by atoms with E-state index in [0.717, 1.165) is 0 Å². The molecule has 74 valence electrons. The van der Waals surface area contributed by atoms with E-state index in [1.165, 1.54) is 12.1 Å². The summed E-state index contributed by atoms with van der Waals surface area (Å²) in [5.74, 6) is 0.0654. The average Bonchev–Trinajstić information content (AvgIpc) is 2.49. The van der Waals surface area contributed by atoms with Gasteiger partial charge in [-0.2, -0.15) is 0 Å². The van der Waals surface area contributed by atoms with Gasteiger partial charge in [-0.1, -0.05) is 0 Å². The first-order valence-electron chi connectivity index (χ1n) is 4.36. The Morgan fingerprint density at radius 1 is 1.57 bits per heavy atom. The molecule has 5 nitrogen and oxygen atoms in total. The van der Waals surface area contributed by atoms with Crippen LogP contribution < -0.4 is 5.73 Å². The Morgan fingerprint density at radius 3 is 2.93 bits per heavy atom. The molecule has 3 N–H and O–H groups in total. The summed E-state index contributed by atoms with van der Waals surface area (Å²) in [4.78, 5) is 10.2. The van der Waals surface area contributed by atoms with Crippen LogP contribution in [-0.4, -0.2) is 10.0 Å². The van der Waals surface area contributed by atoms with Crippen LogP contribution in [0.4, 0.5) is 5.69 Å². The zero-order valence-corrected chi connectivity index (χ0v) is 7.43. The number of aromatic hydroxyl groups is 1. The molecule has 0 fully saturated rings. The van der Waals surface area contributed by atoms with E-state index in [0.29, 0.717) is 24.0 Å². The molecular weight excluding hydrogens is 184 g/mol. The minimum absolute atomic E-state index is 0.0609. The number of nitrogens with two attached hydrogens (primary N) is 1.